The number of furan rings is 1. The molecule has 106 valence electrons. The summed E-state index contributed by atoms with van der Waals surface area (Å²) in [6.07, 6.45) is 4.39. The lowest BCUT2D eigenvalue weighted by Crippen LogP contribution is -2.21. The van der Waals surface area contributed by atoms with Crippen LogP contribution in [0.4, 0.5) is 0 Å². The molecule has 1 aromatic carbocycles. The van der Waals surface area contributed by atoms with E-state index in [9.17, 15) is 0 Å². The van der Waals surface area contributed by atoms with Crippen LogP contribution in [-0.2, 0) is 0 Å². The van der Waals surface area contributed by atoms with Crippen LogP contribution >= 0.6 is 0 Å². The first-order valence-corrected chi connectivity index (χ1v) is 7.03. The smallest absolute Gasteiger partial charge is 0.161 e. The van der Waals surface area contributed by atoms with Crippen LogP contribution in [0.3, 0.4) is 0 Å². The molecule has 2 heterocycles. The van der Waals surface area contributed by atoms with Gasteiger partial charge in [0.25, 0.3) is 0 Å². The maximum Gasteiger partial charge on any atom is 0.161 e. The lowest BCUT2D eigenvalue weighted by Gasteiger charge is -2.18. The van der Waals surface area contributed by atoms with Crippen molar-refractivity contribution in [3.63, 3.8) is 0 Å². The van der Waals surface area contributed by atoms with E-state index in [2.05, 4.69) is 24.4 Å². The van der Waals surface area contributed by atoms with Gasteiger partial charge in [0, 0.05) is 12.0 Å². The molecule has 20 heavy (non-hydrogen) atoms. The standard InChI is InChI=1S/C16H19NO3/c1-2-17-16(13-6-9-18-11-13)12-4-5-14-15(10-12)20-8-3-7-19-14/h4-6,9-11,16-17H,2-3,7-8H2,1H3. The maximum absolute atomic E-state index is 5.76. The fraction of sp³-hybridized carbons (Fsp3) is 0.375. The van der Waals surface area contributed by atoms with E-state index in [-0.39, 0.29) is 6.04 Å². The van der Waals surface area contributed by atoms with Gasteiger partial charge < -0.3 is 19.2 Å². The Morgan fingerprint density at radius 1 is 1.10 bits per heavy atom. The number of hydrogen-bond acceptors (Lipinski definition) is 4. The third-order valence-electron chi connectivity index (χ3n) is 3.39. The maximum atomic E-state index is 5.76. The summed E-state index contributed by atoms with van der Waals surface area (Å²) < 4.78 is 16.6. The second-order valence-corrected chi connectivity index (χ2v) is 4.80. The summed E-state index contributed by atoms with van der Waals surface area (Å²) in [6, 6.07) is 8.21. The Kier molecular flexibility index (Phi) is 3.92. The molecular weight excluding hydrogens is 254 g/mol. The Morgan fingerprint density at radius 3 is 2.70 bits per heavy atom. The molecule has 1 N–H and O–H groups in total. The van der Waals surface area contributed by atoms with Gasteiger partial charge in [-0.3, -0.25) is 0 Å². The van der Waals surface area contributed by atoms with Crippen molar-refractivity contribution >= 4 is 0 Å². The summed E-state index contributed by atoms with van der Waals surface area (Å²) in [5.41, 5.74) is 2.26. The van der Waals surface area contributed by atoms with Crippen LogP contribution in [0.15, 0.2) is 41.2 Å². The number of ether oxygens (including phenoxy) is 2. The highest BCUT2D eigenvalue weighted by molar-refractivity contribution is 5.46. The first kappa shape index (κ1) is 13.1. The van der Waals surface area contributed by atoms with Crippen LogP contribution in [0, 0.1) is 0 Å². The van der Waals surface area contributed by atoms with Crippen molar-refractivity contribution in [1.82, 2.24) is 5.32 Å². The summed E-state index contributed by atoms with van der Waals surface area (Å²) in [5.74, 6) is 1.65. The van der Waals surface area contributed by atoms with E-state index in [1.54, 1.807) is 12.5 Å². The van der Waals surface area contributed by atoms with Gasteiger partial charge in [-0.15, -0.1) is 0 Å². The molecule has 4 nitrogen and oxygen atoms in total. The van der Waals surface area contributed by atoms with Crippen molar-refractivity contribution < 1.29 is 13.9 Å². The molecule has 3 rings (SSSR count). The van der Waals surface area contributed by atoms with Crippen LogP contribution in [0.2, 0.25) is 0 Å². The van der Waals surface area contributed by atoms with Crippen LogP contribution in [0.1, 0.15) is 30.5 Å². The highest BCUT2D eigenvalue weighted by atomic mass is 16.5. The molecule has 0 aliphatic carbocycles. The molecule has 0 fully saturated rings. The van der Waals surface area contributed by atoms with Crippen LogP contribution in [0.25, 0.3) is 0 Å². The van der Waals surface area contributed by atoms with Gasteiger partial charge >= 0.3 is 0 Å². The quantitative estimate of drug-likeness (QED) is 0.929. The molecule has 0 spiro atoms. The Bertz CT molecular complexity index is 551. The van der Waals surface area contributed by atoms with Gasteiger partial charge in [-0.25, -0.2) is 0 Å². The van der Waals surface area contributed by atoms with E-state index in [0.717, 1.165) is 35.6 Å². The highest BCUT2D eigenvalue weighted by Gasteiger charge is 2.18. The molecule has 1 aromatic heterocycles. The van der Waals surface area contributed by atoms with E-state index in [4.69, 9.17) is 13.9 Å². The number of benzene rings is 1. The second-order valence-electron chi connectivity index (χ2n) is 4.80. The molecule has 1 unspecified atom stereocenters. The summed E-state index contributed by atoms with van der Waals surface area (Å²) in [7, 11) is 0. The van der Waals surface area contributed by atoms with Crippen molar-refractivity contribution in [1.29, 1.82) is 0 Å². The molecule has 0 amide bonds. The summed E-state index contributed by atoms with van der Waals surface area (Å²) in [4.78, 5) is 0. The first-order chi connectivity index (χ1) is 9.88. The molecule has 0 bridgehead atoms. The topological polar surface area (TPSA) is 43.6 Å². The fourth-order valence-corrected chi connectivity index (χ4v) is 2.43. The third kappa shape index (κ3) is 2.65. The van der Waals surface area contributed by atoms with E-state index in [1.165, 1.54) is 0 Å². The molecule has 0 radical (unpaired) electrons. The minimum absolute atomic E-state index is 0.107. The first-order valence-electron chi connectivity index (χ1n) is 7.03. The zero-order valence-electron chi connectivity index (χ0n) is 11.6. The average Bonchev–Trinajstić information content (AvgIpc) is 2.89. The molecular formula is C16H19NO3. The van der Waals surface area contributed by atoms with Crippen LogP contribution in [0.5, 0.6) is 11.5 Å². The monoisotopic (exact) mass is 273 g/mol. The molecule has 4 heteroatoms. The van der Waals surface area contributed by atoms with E-state index in [1.807, 2.05) is 12.1 Å². The van der Waals surface area contributed by atoms with Crippen molar-refractivity contribution in [2.45, 2.75) is 19.4 Å². The molecule has 2 aromatic rings. The number of fused-ring (bicyclic) bond motifs is 1. The molecule has 0 saturated heterocycles. The minimum Gasteiger partial charge on any atom is -0.490 e. The zero-order chi connectivity index (χ0) is 13.8. The number of hydrogen-bond donors (Lipinski definition) is 1. The van der Waals surface area contributed by atoms with Crippen molar-refractivity contribution in [2.75, 3.05) is 19.8 Å². The molecule has 1 aliphatic heterocycles. The number of nitrogens with one attached hydrogen (secondary N) is 1. The SMILES string of the molecule is CCNC(c1ccoc1)c1ccc2c(c1)OCCCO2. The largest absolute Gasteiger partial charge is 0.490 e. The van der Waals surface area contributed by atoms with Gasteiger partial charge in [0.15, 0.2) is 11.5 Å². The van der Waals surface area contributed by atoms with Crippen molar-refractivity contribution in [3.05, 3.63) is 47.9 Å². The van der Waals surface area contributed by atoms with Crippen molar-refractivity contribution in [3.8, 4) is 11.5 Å². The lowest BCUT2D eigenvalue weighted by molar-refractivity contribution is 0.297. The normalized spacial score (nSPS) is 15.7. The Labute approximate surface area is 118 Å². The zero-order valence-corrected chi connectivity index (χ0v) is 11.6. The van der Waals surface area contributed by atoms with Crippen LogP contribution < -0.4 is 14.8 Å². The predicted octanol–water partition coefficient (Wildman–Crippen LogP) is 3.14. The Balaban J connectivity index is 1.93. The van der Waals surface area contributed by atoms with Gasteiger partial charge in [0.05, 0.1) is 31.8 Å². The molecule has 1 atom stereocenters. The lowest BCUT2D eigenvalue weighted by atomic mass is 10.0. The summed E-state index contributed by atoms with van der Waals surface area (Å²) in [6.45, 7) is 4.39. The van der Waals surface area contributed by atoms with Gasteiger partial charge in [-0.05, 0) is 30.3 Å². The number of rotatable bonds is 4. The van der Waals surface area contributed by atoms with Gasteiger partial charge in [0.1, 0.15) is 0 Å². The van der Waals surface area contributed by atoms with Gasteiger partial charge in [0.2, 0.25) is 0 Å². The third-order valence-corrected chi connectivity index (χ3v) is 3.39. The second kappa shape index (κ2) is 6.01. The minimum atomic E-state index is 0.107. The van der Waals surface area contributed by atoms with E-state index in [0.29, 0.717) is 13.2 Å². The average molecular weight is 273 g/mol. The van der Waals surface area contributed by atoms with E-state index >= 15 is 0 Å². The molecule has 1 aliphatic rings. The van der Waals surface area contributed by atoms with E-state index < -0.39 is 0 Å². The van der Waals surface area contributed by atoms with Gasteiger partial charge in [-0.2, -0.15) is 0 Å². The molecule has 0 saturated carbocycles. The summed E-state index contributed by atoms with van der Waals surface area (Å²) in [5, 5.41) is 3.47. The Morgan fingerprint density at radius 2 is 1.95 bits per heavy atom. The van der Waals surface area contributed by atoms with Crippen LogP contribution in [-0.4, -0.2) is 19.8 Å². The summed E-state index contributed by atoms with van der Waals surface area (Å²) >= 11 is 0. The highest BCUT2D eigenvalue weighted by Crippen LogP contribution is 2.34. The van der Waals surface area contributed by atoms with Gasteiger partial charge in [-0.1, -0.05) is 13.0 Å². The Hall–Kier alpha value is -1.94. The predicted molar refractivity (Wildman–Crippen MR) is 76.3 cm³/mol. The fourth-order valence-electron chi connectivity index (χ4n) is 2.43. The van der Waals surface area contributed by atoms with Crippen molar-refractivity contribution in [2.24, 2.45) is 0 Å².